The average Bonchev–Trinajstić information content (AvgIpc) is 3.57. The molecule has 0 saturated heterocycles. The van der Waals surface area contributed by atoms with Crippen LogP contribution in [0, 0.1) is 0 Å². The molecule has 0 aliphatic carbocycles. The molecule has 1 aromatic carbocycles. The number of para-hydroxylation sites is 1. The van der Waals surface area contributed by atoms with E-state index < -0.39 is 0 Å². The summed E-state index contributed by atoms with van der Waals surface area (Å²) in [5.41, 5.74) is 3.49. The Labute approximate surface area is 274 Å². The number of rotatable bonds is 20. The van der Waals surface area contributed by atoms with Crippen LogP contribution in [0.15, 0.2) is 24.3 Å². The number of carbonyl (C=O) groups excluding carboxylic acids is 1. The Kier molecular flexibility index (Phi) is 15.1. The van der Waals surface area contributed by atoms with Crippen molar-refractivity contribution >= 4 is 69.9 Å². The molecular weight excluding hydrogens is 763 g/mol. The van der Waals surface area contributed by atoms with Gasteiger partial charge in [-0.2, -0.15) is 0 Å². The van der Waals surface area contributed by atoms with Crippen molar-refractivity contribution in [2.45, 2.75) is 52.1 Å². The molecule has 0 atom stereocenters. The number of ether oxygens (including phenoxy) is 3. The number of thiophene rings is 1. The van der Waals surface area contributed by atoms with E-state index in [9.17, 15) is 4.79 Å². The Hall–Kier alpha value is -1.04. The standard InChI is InChI=1S/C30H44N5O4S2.Tl/c1-22(2)35-14-10-23-26(21-35)41-30(28(23)29-33-24-7-3-4-8-25(24)40-29)34-27(36)9-13-32-12-6-16-38-18-20-39-19-17-37-15-5-11-31;/h3-4,7-8,22,31-32H,5-6,9-21H2,1-2H3,(H,34,36);/q-1;+1. The van der Waals surface area contributed by atoms with Crippen LogP contribution in [0.25, 0.3) is 20.8 Å². The smallest absolute Gasteiger partial charge is 0.127 e. The van der Waals surface area contributed by atoms with Crippen molar-refractivity contribution in [2.24, 2.45) is 0 Å². The first kappa shape index (κ1) is 33.8. The maximum Gasteiger partial charge on any atom is 0.127 e. The monoisotopic (exact) mass is 807 g/mol. The van der Waals surface area contributed by atoms with E-state index >= 15 is 0 Å². The minimum Gasteiger partial charge on any atom is -0.236 e. The molecule has 42 heavy (non-hydrogen) atoms. The molecule has 0 radical (unpaired) electrons. The fraction of sp³-hybridized carbons (Fsp3) is 0.600. The number of fused-ring (bicyclic) bond motifs is 2. The summed E-state index contributed by atoms with van der Waals surface area (Å²) >= 11 is 4.28. The van der Waals surface area contributed by atoms with Gasteiger partial charge >= 0.3 is 96.0 Å². The van der Waals surface area contributed by atoms with Crippen molar-refractivity contribution < 1.29 is 19.0 Å². The molecule has 1 aliphatic rings. The van der Waals surface area contributed by atoms with Crippen LogP contribution in [0.3, 0.4) is 0 Å². The van der Waals surface area contributed by atoms with E-state index in [-0.39, 0.29) is 5.91 Å². The van der Waals surface area contributed by atoms with Crippen LogP contribution >= 0.6 is 22.7 Å². The van der Waals surface area contributed by atoms with E-state index in [1.807, 2.05) is 6.07 Å². The molecular formula is C30H44N5O4S2Tl. The van der Waals surface area contributed by atoms with E-state index in [0.717, 1.165) is 99.2 Å². The third kappa shape index (κ3) is 10.5. The Morgan fingerprint density at radius 1 is 1.00 bits per heavy atom. The quantitative estimate of drug-likeness (QED) is 0.116. The summed E-state index contributed by atoms with van der Waals surface area (Å²) in [6.45, 7) is 12.8. The topological polar surface area (TPSA) is 97.0 Å². The minimum absolute atomic E-state index is 0.0329. The zero-order valence-electron chi connectivity index (χ0n) is 24.9. The van der Waals surface area contributed by atoms with E-state index in [0.29, 0.717) is 52.0 Å². The van der Waals surface area contributed by atoms with Crippen molar-refractivity contribution in [1.82, 2.24) is 18.3 Å². The zero-order valence-corrected chi connectivity index (χ0v) is 31.0. The second-order valence-electron chi connectivity index (χ2n) is 10.6. The van der Waals surface area contributed by atoms with Crippen LogP contribution in [0.4, 0.5) is 5.00 Å². The van der Waals surface area contributed by atoms with Gasteiger partial charge in [0.15, 0.2) is 0 Å². The SMILES string of the molecule is CC(C)N1CCc2c(sc(NC(=O)CCNCCCOCCOCCOCCC[NH][Tl])c2-c2nc3ccccc3s2)C1. The predicted molar refractivity (Wildman–Crippen MR) is 174 cm³/mol. The molecule has 0 saturated carbocycles. The van der Waals surface area contributed by atoms with E-state index in [4.69, 9.17) is 19.2 Å². The van der Waals surface area contributed by atoms with Gasteiger partial charge in [-0.25, -0.2) is 4.98 Å². The summed E-state index contributed by atoms with van der Waals surface area (Å²) in [7, 11) is 0. The number of hydrogen-bond donors (Lipinski definition) is 3. The molecule has 0 spiro atoms. The molecule has 12 heteroatoms. The summed E-state index contributed by atoms with van der Waals surface area (Å²) in [5, 5.41) is 8.55. The van der Waals surface area contributed by atoms with Crippen LogP contribution in [0.1, 0.15) is 43.6 Å². The molecule has 2 aromatic heterocycles. The molecule has 4 rings (SSSR count). The van der Waals surface area contributed by atoms with Crippen LogP contribution in [0.2, 0.25) is 0 Å². The van der Waals surface area contributed by atoms with Crippen molar-refractivity contribution in [1.29, 1.82) is 0 Å². The number of carbonyl (C=O) groups is 1. The summed E-state index contributed by atoms with van der Waals surface area (Å²) in [6.07, 6.45) is 3.35. The van der Waals surface area contributed by atoms with Crippen molar-refractivity contribution in [2.75, 3.05) is 71.1 Å². The summed E-state index contributed by atoms with van der Waals surface area (Å²) in [5.74, 6) is 0.0329. The number of hydrogen-bond acceptors (Lipinski definition) is 10. The summed E-state index contributed by atoms with van der Waals surface area (Å²) < 4.78 is 21.1. The number of aromatic nitrogens is 1. The maximum absolute atomic E-state index is 13.0. The van der Waals surface area contributed by atoms with Gasteiger partial charge < -0.3 is 10.6 Å². The largest absolute Gasteiger partial charge is 0.236 e. The number of thiazole rings is 1. The third-order valence-corrected chi connectivity index (χ3v) is 10.4. The number of benzene rings is 1. The van der Waals surface area contributed by atoms with Gasteiger partial charge in [0, 0.05) is 42.5 Å². The fourth-order valence-electron chi connectivity index (χ4n) is 4.79. The normalized spacial score (nSPS) is 13.7. The second kappa shape index (κ2) is 18.7. The van der Waals surface area contributed by atoms with Gasteiger partial charge in [-0.1, -0.05) is 12.1 Å². The van der Waals surface area contributed by atoms with E-state index in [1.165, 1.54) is 15.1 Å². The second-order valence-corrected chi connectivity index (χ2v) is 14.3. The number of nitrogens with one attached hydrogen (secondary N) is 3. The first-order valence-electron chi connectivity index (χ1n) is 15.0. The molecule has 228 valence electrons. The maximum atomic E-state index is 13.0. The Balaban J connectivity index is 1.16. The zero-order chi connectivity index (χ0) is 29.6. The molecule has 3 N–H and O–H groups in total. The van der Waals surface area contributed by atoms with Gasteiger partial charge in [0.25, 0.3) is 0 Å². The molecule has 0 fully saturated rings. The molecule has 1 amide bonds. The van der Waals surface area contributed by atoms with Gasteiger partial charge in [-0.05, 0) is 50.9 Å². The first-order valence-corrected chi connectivity index (χ1v) is 18.9. The number of nitrogens with zero attached hydrogens (tertiary/aromatic N) is 2. The molecule has 1 aliphatic heterocycles. The first-order chi connectivity index (χ1) is 20.6. The Morgan fingerprint density at radius 3 is 2.43 bits per heavy atom. The fourth-order valence-corrected chi connectivity index (χ4v) is 7.98. The Morgan fingerprint density at radius 2 is 1.71 bits per heavy atom. The molecule has 9 nitrogen and oxygen atoms in total. The molecule has 0 unspecified atom stereocenters. The average molecular weight is 807 g/mol. The Bertz CT molecular complexity index is 1200. The van der Waals surface area contributed by atoms with Crippen LogP contribution < -0.4 is 13.8 Å². The van der Waals surface area contributed by atoms with Gasteiger partial charge in [-0.15, -0.1) is 22.7 Å². The van der Waals surface area contributed by atoms with Gasteiger partial charge in [-0.3, -0.25) is 9.69 Å². The minimum atomic E-state index is 0.0329. The van der Waals surface area contributed by atoms with Gasteiger partial charge in [0.05, 0.1) is 10.2 Å². The summed E-state index contributed by atoms with van der Waals surface area (Å²) in [6, 6.07) is 8.75. The summed E-state index contributed by atoms with van der Waals surface area (Å²) in [4.78, 5) is 21.8. The third-order valence-electron chi connectivity index (χ3n) is 7.10. The van der Waals surface area contributed by atoms with E-state index in [2.05, 4.69) is 50.7 Å². The van der Waals surface area contributed by atoms with Gasteiger partial charge in [0.1, 0.15) is 10.0 Å². The van der Waals surface area contributed by atoms with Crippen LogP contribution in [0.5, 0.6) is 0 Å². The van der Waals surface area contributed by atoms with Crippen molar-refractivity contribution in [3.05, 3.63) is 34.7 Å². The molecule has 3 aromatic rings. The van der Waals surface area contributed by atoms with Gasteiger partial charge in [0.2, 0.25) is 5.91 Å². The van der Waals surface area contributed by atoms with Crippen LogP contribution in [-0.4, -0.2) is 114 Å². The molecule has 0 bridgehead atoms. The molecule has 3 heterocycles. The number of anilines is 1. The van der Waals surface area contributed by atoms with Crippen LogP contribution in [-0.2, 0) is 32.0 Å². The van der Waals surface area contributed by atoms with Crippen molar-refractivity contribution in [3.8, 4) is 10.6 Å². The predicted octanol–water partition coefficient (Wildman–Crippen LogP) is 4.21. The van der Waals surface area contributed by atoms with E-state index in [1.54, 1.807) is 22.7 Å². The number of amides is 1. The van der Waals surface area contributed by atoms with Crippen molar-refractivity contribution in [3.63, 3.8) is 0 Å².